The number of rotatable bonds is 1. The van der Waals surface area contributed by atoms with Crippen LogP contribution < -0.4 is 5.56 Å². The maximum absolute atomic E-state index is 11.4. The first kappa shape index (κ1) is 8.48. The van der Waals surface area contributed by atoms with E-state index in [-0.39, 0.29) is 12.2 Å². The van der Waals surface area contributed by atoms with Crippen molar-refractivity contribution in [3.05, 3.63) is 46.2 Å². The van der Waals surface area contributed by atoms with Gasteiger partial charge in [0, 0.05) is 27.5 Å². The lowest BCUT2D eigenvalue weighted by Gasteiger charge is -2.22. The number of hydrogen-bond acceptors (Lipinski definition) is 2. The summed E-state index contributed by atoms with van der Waals surface area (Å²) in [5.74, 6) is -0.959. The fourth-order valence-electron chi connectivity index (χ4n) is 2.14. The third-order valence-electron chi connectivity index (χ3n) is 3.06. The highest BCUT2D eigenvalue weighted by Gasteiger charge is 2.15. The molecule has 2 aromatic rings. The summed E-state index contributed by atoms with van der Waals surface area (Å²) in [6, 6.07) is 8.83. The molecule has 17 heavy (non-hydrogen) atoms. The molecule has 0 amide bonds. The number of ether oxygens (including phenoxy) is 1. The van der Waals surface area contributed by atoms with Crippen LogP contribution in [0, 0.1) is 0 Å². The average Bonchev–Trinajstić information content (AvgIpc) is 2.41. The first-order valence-electron chi connectivity index (χ1n) is 6.81. The zero-order valence-corrected chi connectivity index (χ0v) is 9.40. The van der Waals surface area contributed by atoms with Crippen molar-refractivity contribution in [1.82, 2.24) is 4.98 Å². The van der Waals surface area contributed by atoms with Gasteiger partial charge in [-0.15, -0.1) is 0 Å². The number of fused-ring (bicyclic) bond motifs is 1. The van der Waals surface area contributed by atoms with Crippen LogP contribution in [-0.4, -0.2) is 18.2 Å². The standard InChI is InChI=1S/C14H15NO2/c16-14-4-3-11-1-2-12(9-13(11)15-14)10-5-7-17-8-6-10/h1-4,9-10H,5-8H2,(H,15,16)/i5D,10D. The molecular weight excluding hydrogens is 214 g/mol. The molecule has 0 aliphatic carbocycles. The number of hydrogen-bond donors (Lipinski definition) is 1. The molecule has 1 aliphatic heterocycles. The van der Waals surface area contributed by atoms with Gasteiger partial charge in [-0.05, 0) is 41.8 Å². The van der Waals surface area contributed by atoms with Gasteiger partial charge in [0.05, 0.1) is 0 Å². The van der Waals surface area contributed by atoms with Gasteiger partial charge >= 0.3 is 0 Å². The first-order chi connectivity index (χ1) is 9.09. The van der Waals surface area contributed by atoms with E-state index in [1.807, 2.05) is 18.2 Å². The van der Waals surface area contributed by atoms with Gasteiger partial charge in [-0.2, -0.15) is 0 Å². The summed E-state index contributed by atoms with van der Waals surface area (Å²) in [6.45, 7) is 0.787. The Morgan fingerprint density at radius 3 is 3.12 bits per heavy atom. The van der Waals surface area contributed by atoms with Crippen LogP contribution in [-0.2, 0) is 4.74 Å². The zero-order chi connectivity index (χ0) is 13.5. The molecule has 1 aromatic heterocycles. The van der Waals surface area contributed by atoms with Crippen LogP contribution in [0.25, 0.3) is 10.9 Å². The van der Waals surface area contributed by atoms with E-state index in [4.69, 9.17) is 7.48 Å². The SMILES string of the molecule is [2H]C1COCCC1([2H])c1ccc2ccc(=O)[nH]c2c1. The van der Waals surface area contributed by atoms with Crippen LogP contribution >= 0.6 is 0 Å². The van der Waals surface area contributed by atoms with Gasteiger partial charge in [0.2, 0.25) is 5.56 Å². The smallest absolute Gasteiger partial charge is 0.248 e. The van der Waals surface area contributed by atoms with Crippen molar-refractivity contribution in [1.29, 1.82) is 0 Å². The summed E-state index contributed by atoms with van der Waals surface area (Å²) in [6.07, 6.45) is -0.0989. The fourth-order valence-corrected chi connectivity index (χ4v) is 2.14. The monoisotopic (exact) mass is 231 g/mol. The number of aromatic amines is 1. The first-order valence-corrected chi connectivity index (χ1v) is 5.73. The summed E-state index contributed by atoms with van der Waals surface area (Å²) < 4.78 is 21.8. The highest BCUT2D eigenvalue weighted by Crippen LogP contribution is 2.28. The van der Waals surface area contributed by atoms with Crippen LogP contribution in [0.1, 0.15) is 27.0 Å². The Morgan fingerprint density at radius 1 is 1.35 bits per heavy atom. The lowest BCUT2D eigenvalue weighted by molar-refractivity contribution is 0.0853. The van der Waals surface area contributed by atoms with Gasteiger partial charge in [0.1, 0.15) is 0 Å². The lowest BCUT2D eigenvalue weighted by atomic mass is 9.91. The Hall–Kier alpha value is -1.61. The molecular formula is C14H15NO2. The molecule has 2 heterocycles. The molecule has 2 unspecified atom stereocenters. The van der Waals surface area contributed by atoms with E-state index in [1.54, 1.807) is 6.07 Å². The molecule has 1 saturated heterocycles. The molecule has 1 aliphatic rings. The minimum Gasteiger partial charge on any atom is -0.381 e. The second-order valence-corrected chi connectivity index (χ2v) is 4.18. The topological polar surface area (TPSA) is 42.1 Å². The van der Waals surface area contributed by atoms with E-state index in [9.17, 15) is 4.79 Å². The average molecular weight is 231 g/mol. The highest BCUT2D eigenvalue weighted by molar-refractivity contribution is 5.78. The molecule has 1 fully saturated rings. The summed E-state index contributed by atoms with van der Waals surface area (Å²) in [7, 11) is 0. The Bertz CT molecular complexity index is 670. The van der Waals surface area contributed by atoms with Crippen molar-refractivity contribution in [2.24, 2.45) is 0 Å². The van der Waals surface area contributed by atoms with Gasteiger partial charge in [0.25, 0.3) is 0 Å². The van der Waals surface area contributed by atoms with E-state index in [0.29, 0.717) is 13.0 Å². The lowest BCUT2D eigenvalue weighted by Crippen LogP contribution is -2.14. The minimum atomic E-state index is -0.959. The quantitative estimate of drug-likeness (QED) is 0.819. The molecule has 1 aromatic carbocycles. The second kappa shape index (κ2) is 4.34. The normalized spacial score (nSPS) is 30.9. The van der Waals surface area contributed by atoms with Gasteiger partial charge in [-0.1, -0.05) is 12.1 Å². The summed E-state index contributed by atoms with van der Waals surface area (Å²) >= 11 is 0. The van der Waals surface area contributed by atoms with E-state index >= 15 is 0 Å². The third kappa shape index (κ3) is 2.11. The molecule has 2 atom stereocenters. The second-order valence-electron chi connectivity index (χ2n) is 4.18. The number of aromatic nitrogens is 1. The van der Waals surface area contributed by atoms with Crippen molar-refractivity contribution >= 4 is 10.9 Å². The zero-order valence-electron chi connectivity index (χ0n) is 11.4. The van der Waals surface area contributed by atoms with Crippen molar-refractivity contribution in [2.45, 2.75) is 18.7 Å². The van der Waals surface area contributed by atoms with E-state index < -0.39 is 12.3 Å². The van der Waals surface area contributed by atoms with Gasteiger partial charge in [0.15, 0.2) is 0 Å². The number of benzene rings is 1. The maximum Gasteiger partial charge on any atom is 0.248 e. The van der Waals surface area contributed by atoms with E-state index in [0.717, 1.165) is 16.5 Å². The molecule has 0 saturated carbocycles. The number of pyridine rings is 1. The van der Waals surface area contributed by atoms with Crippen molar-refractivity contribution in [3.63, 3.8) is 0 Å². The molecule has 0 bridgehead atoms. The number of nitrogens with one attached hydrogen (secondary N) is 1. The largest absolute Gasteiger partial charge is 0.381 e. The molecule has 88 valence electrons. The van der Waals surface area contributed by atoms with Crippen LogP contribution in [0.3, 0.4) is 0 Å². The fraction of sp³-hybridized carbons (Fsp3) is 0.357. The van der Waals surface area contributed by atoms with Crippen molar-refractivity contribution in [3.8, 4) is 0 Å². The molecule has 3 nitrogen and oxygen atoms in total. The van der Waals surface area contributed by atoms with Gasteiger partial charge < -0.3 is 9.72 Å². The van der Waals surface area contributed by atoms with Crippen molar-refractivity contribution < 1.29 is 7.48 Å². The summed E-state index contributed by atoms with van der Waals surface area (Å²) in [5.41, 5.74) is 1.33. The van der Waals surface area contributed by atoms with Crippen molar-refractivity contribution in [2.75, 3.05) is 13.2 Å². The van der Waals surface area contributed by atoms with E-state index in [2.05, 4.69) is 4.98 Å². The third-order valence-corrected chi connectivity index (χ3v) is 3.06. The van der Waals surface area contributed by atoms with Gasteiger partial charge in [-0.25, -0.2) is 0 Å². The Morgan fingerprint density at radius 2 is 2.24 bits per heavy atom. The predicted molar refractivity (Wildman–Crippen MR) is 67.4 cm³/mol. The minimum absolute atomic E-state index is 0.155. The molecule has 0 radical (unpaired) electrons. The number of H-pyrrole nitrogens is 1. The summed E-state index contributed by atoms with van der Waals surface area (Å²) in [4.78, 5) is 14.1. The molecule has 1 N–H and O–H groups in total. The van der Waals surface area contributed by atoms with Crippen LogP contribution in [0.5, 0.6) is 0 Å². The molecule has 3 heteroatoms. The molecule has 3 rings (SSSR count). The highest BCUT2D eigenvalue weighted by atomic mass is 16.5. The summed E-state index contributed by atoms with van der Waals surface area (Å²) in [5, 5.41) is 0.931. The maximum atomic E-state index is 11.4. The van der Waals surface area contributed by atoms with Crippen LogP contribution in [0.2, 0.25) is 0 Å². The predicted octanol–water partition coefficient (Wildman–Crippen LogP) is 2.42. The Kier molecular flexibility index (Phi) is 2.16. The van der Waals surface area contributed by atoms with Crippen LogP contribution in [0.15, 0.2) is 35.1 Å². The van der Waals surface area contributed by atoms with Crippen LogP contribution in [0.4, 0.5) is 0 Å². The Labute approximate surface area is 102 Å². The molecule has 0 spiro atoms. The Balaban J connectivity index is 2.11. The van der Waals surface area contributed by atoms with Gasteiger partial charge in [-0.3, -0.25) is 4.79 Å². The van der Waals surface area contributed by atoms with E-state index in [1.165, 1.54) is 6.07 Å².